The zero-order valence-electron chi connectivity index (χ0n) is 11.2. The Morgan fingerprint density at radius 1 is 1.35 bits per heavy atom. The van der Waals surface area contributed by atoms with Gasteiger partial charge in [0.2, 0.25) is 0 Å². The maximum absolute atomic E-state index is 13.1. The molecule has 17 heavy (non-hydrogen) atoms. The molecule has 0 aliphatic rings. The summed E-state index contributed by atoms with van der Waals surface area (Å²) < 4.78 is 13.1. The van der Waals surface area contributed by atoms with Gasteiger partial charge in [0, 0.05) is 19.1 Å². The molecule has 1 unspecified atom stereocenters. The SMILES string of the molecule is CN(Cc1cccc(F)c1)C(CN)C(C)(C)C. The van der Waals surface area contributed by atoms with E-state index in [0.29, 0.717) is 6.54 Å². The van der Waals surface area contributed by atoms with Crippen molar-refractivity contribution in [2.75, 3.05) is 13.6 Å². The van der Waals surface area contributed by atoms with Gasteiger partial charge in [-0.25, -0.2) is 4.39 Å². The minimum Gasteiger partial charge on any atom is -0.329 e. The summed E-state index contributed by atoms with van der Waals surface area (Å²) in [6.45, 7) is 7.85. The summed E-state index contributed by atoms with van der Waals surface area (Å²) in [5.41, 5.74) is 6.93. The first-order valence-electron chi connectivity index (χ1n) is 5.99. The molecule has 3 heteroatoms. The van der Waals surface area contributed by atoms with E-state index in [9.17, 15) is 4.39 Å². The largest absolute Gasteiger partial charge is 0.329 e. The third kappa shape index (κ3) is 4.10. The topological polar surface area (TPSA) is 29.3 Å². The summed E-state index contributed by atoms with van der Waals surface area (Å²) in [5.74, 6) is -0.184. The van der Waals surface area contributed by atoms with E-state index >= 15 is 0 Å². The van der Waals surface area contributed by atoms with Crippen LogP contribution >= 0.6 is 0 Å². The van der Waals surface area contributed by atoms with Crippen LogP contribution in [0.1, 0.15) is 26.3 Å². The first-order chi connectivity index (χ1) is 7.84. The van der Waals surface area contributed by atoms with Gasteiger partial charge in [0.15, 0.2) is 0 Å². The molecule has 0 saturated carbocycles. The second-order valence-corrected chi connectivity index (χ2v) is 5.66. The molecule has 0 bridgehead atoms. The molecule has 0 heterocycles. The van der Waals surface area contributed by atoms with Crippen LogP contribution in [0.2, 0.25) is 0 Å². The first-order valence-corrected chi connectivity index (χ1v) is 5.99. The molecule has 0 amide bonds. The van der Waals surface area contributed by atoms with Crippen molar-refractivity contribution >= 4 is 0 Å². The van der Waals surface area contributed by atoms with E-state index in [1.54, 1.807) is 12.1 Å². The van der Waals surface area contributed by atoms with Crippen molar-refractivity contribution in [3.05, 3.63) is 35.6 Å². The molecule has 0 aromatic heterocycles. The minimum atomic E-state index is -0.184. The average molecular weight is 238 g/mol. The van der Waals surface area contributed by atoms with E-state index in [1.165, 1.54) is 6.07 Å². The molecule has 0 spiro atoms. The van der Waals surface area contributed by atoms with Gasteiger partial charge < -0.3 is 5.73 Å². The van der Waals surface area contributed by atoms with Crippen LogP contribution in [0.15, 0.2) is 24.3 Å². The summed E-state index contributed by atoms with van der Waals surface area (Å²) >= 11 is 0. The molecular formula is C14H23FN2. The molecule has 1 aromatic rings. The van der Waals surface area contributed by atoms with E-state index in [4.69, 9.17) is 5.73 Å². The summed E-state index contributed by atoms with van der Waals surface area (Å²) in [6, 6.07) is 7.01. The Balaban J connectivity index is 2.74. The molecule has 1 aromatic carbocycles. The van der Waals surface area contributed by atoms with Crippen LogP contribution in [-0.2, 0) is 6.54 Å². The Morgan fingerprint density at radius 3 is 2.47 bits per heavy atom. The Kier molecular flexibility index (Phi) is 4.66. The number of rotatable bonds is 4. The normalized spacial score (nSPS) is 14.1. The van der Waals surface area contributed by atoms with Gasteiger partial charge in [-0.05, 0) is 30.2 Å². The van der Waals surface area contributed by atoms with Gasteiger partial charge in [-0.3, -0.25) is 4.90 Å². The molecule has 0 radical (unpaired) electrons. The molecule has 1 atom stereocenters. The maximum atomic E-state index is 13.1. The van der Waals surface area contributed by atoms with Gasteiger partial charge in [0.25, 0.3) is 0 Å². The van der Waals surface area contributed by atoms with Crippen molar-refractivity contribution in [3.8, 4) is 0 Å². The molecule has 1 rings (SSSR count). The van der Waals surface area contributed by atoms with Crippen molar-refractivity contribution in [1.82, 2.24) is 4.90 Å². The number of benzene rings is 1. The van der Waals surface area contributed by atoms with Gasteiger partial charge in [0.05, 0.1) is 0 Å². The van der Waals surface area contributed by atoms with Crippen LogP contribution in [0.5, 0.6) is 0 Å². The fourth-order valence-corrected chi connectivity index (χ4v) is 2.23. The highest BCUT2D eigenvalue weighted by molar-refractivity contribution is 5.16. The standard InChI is InChI=1S/C14H23FN2/c1-14(2,3)13(9-16)17(4)10-11-6-5-7-12(15)8-11/h5-8,13H,9-10,16H2,1-4H3. The molecule has 0 aliphatic heterocycles. The van der Waals surface area contributed by atoms with Gasteiger partial charge in [0.1, 0.15) is 5.82 Å². The fourth-order valence-electron chi connectivity index (χ4n) is 2.23. The lowest BCUT2D eigenvalue weighted by Gasteiger charge is -2.37. The highest BCUT2D eigenvalue weighted by atomic mass is 19.1. The molecule has 0 fully saturated rings. The molecule has 96 valence electrons. The van der Waals surface area contributed by atoms with Crippen LogP contribution in [0, 0.1) is 11.2 Å². The number of likely N-dealkylation sites (N-methyl/N-ethyl adjacent to an activating group) is 1. The van der Waals surface area contributed by atoms with Gasteiger partial charge >= 0.3 is 0 Å². The molecule has 0 aliphatic carbocycles. The number of halogens is 1. The first kappa shape index (κ1) is 14.1. The fraction of sp³-hybridized carbons (Fsp3) is 0.571. The number of nitrogens with two attached hydrogens (primary N) is 1. The van der Waals surface area contributed by atoms with Crippen molar-refractivity contribution < 1.29 is 4.39 Å². The Hall–Kier alpha value is -0.930. The van der Waals surface area contributed by atoms with E-state index in [1.807, 2.05) is 13.1 Å². The lowest BCUT2D eigenvalue weighted by Crippen LogP contribution is -2.46. The highest BCUT2D eigenvalue weighted by Gasteiger charge is 2.26. The zero-order chi connectivity index (χ0) is 13.1. The predicted molar refractivity (Wildman–Crippen MR) is 70.2 cm³/mol. The Morgan fingerprint density at radius 2 is 2.00 bits per heavy atom. The van der Waals surface area contributed by atoms with E-state index < -0.39 is 0 Å². The average Bonchev–Trinajstić information content (AvgIpc) is 2.15. The number of hydrogen-bond donors (Lipinski definition) is 1. The molecule has 0 saturated heterocycles. The smallest absolute Gasteiger partial charge is 0.123 e. The number of hydrogen-bond acceptors (Lipinski definition) is 2. The highest BCUT2D eigenvalue weighted by Crippen LogP contribution is 2.24. The quantitative estimate of drug-likeness (QED) is 0.873. The monoisotopic (exact) mass is 238 g/mol. The molecular weight excluding hydrogens is 215 g/mol. The third-order valence-electron chi connectivity index (χ3n) is 3.08. The van der Waals surface area contributed by atoms with E-state index in [2.05, 4.69) is 25.7 Å². The minimum absolute atomic E-state index is 0.122. The third-order valence-corrected chi connectivity index (χ3v) is 3.08. The second-order valence-electron chi connectivity index (χ2n) is 5.66. The second kappa shape index (κ2) is 5.61. The number of nitrogens with zero attached hydrogens (tertiary/aromatic N) is 1. The summed E-state index contributed by atoms with van der Waals surface area (Å²) in [5, 5.41) is 0. The summed E-state index contributed by atoms with van der Waals surface area (Å²) in [7, 11) is 2.04. The van der Waals surface area contributed by atoms with E-state index in [-0.39, 0.29) is 17.3 Å². The van der Waals surface area contributed by atoms with Crippen molar-refractivity contribution in [2.45, 2.75) is 33.4 Å². The van der Waals surface area contributed by atoms with Gasteiger partial charge in [-0.15, -0.1) is 0 Å². The molecule has 2 N–H and O–H groups in total. The lowest BCUT2D eigenvalue weighted by atomic mass is 9.85. The summed E-state index contributed by atoms with van der Waals surface area (Å²) in [6.07, 6.45) is 0. The van der Waals surface area contributed by atoms with Crippen molar-refractivity contribution in [2.24, 2.45) is 11.1 Å². The van der Waals surface area contributed by atoms with Crippen molar-refractivity contribution in [1.29, 1.82) is 0 Å². The maximum Gasteiger partial charge on any atom is 0.123 e. The predicted octanol–water partition coefficient (Wildman–Crippen LogP) is 2.63. The van der Waals surface area contributed by atoms with Crippen LogP contribution in [0.4, 0.5) is 4.39 Å². The molecule has 2 nitrogen and oxygen atoms in total. The van der Waals surface area contributed by atoms with Crippen LogP contribution < -0.4 is 5.73 Å². The lowest BCUT2D eigenvalue weighted by molar-refractivity contribution is 0.125. The Bertz CT molecular complexity index is 357. The van der Waals surface area contributed by atoms with Gasteiger partial charge in [-0.1, -0.05) is 32.9 Å². The van der Waals surface area contributed by atoms with Gasteiger partial charge in [-0.2, -0.15) is 0 Å². The summed E-state index contributed by atoms with van der Waals surface area (Å²) in [4.78, 5) is 2.19. The zero-order valence-corrected chi connectivity index (χ0v) is 11.2. The van der Waals surface area contributed by atoms with Crippen LogP contribution in [0.3, 0.4) is 0 Å². The van der Waals surface area contributed by atoms with Crippen LogP contribution in [0.25, 0.3) is 0 Å². The van der Waals surface area contributed by atoms with E-state index in [0.717, 1.165) is 12.1 Å². The Labute approximate surface area is 104 Å². The van der Waals surface area contributed by atoms with Crippen LogP contribution in [-0.4, -0.2) is 24.5 Å². The van der Waals surface area contributed by atoms with Crippen molar-refractivity contribution in [3.63, 3.8) is 0 Å².